The van der Waals surface area contributed by atoms with Gasteiger partial charge in [-0.2, -0.15) is 0 Å². The maximum Gasteiger partial charge on any atom is 0.224 e. The first-order valence-electron chi connectivity index (χ1n) is 9.65. The molecule has 0 bridgehead atoms. The van der Waals surface area contributed by atoms with Gasteiger partial charge in [-0.1, -0.05) is 0 Å². The Labute approximate surface area is 153 Å². The molecule has 9 nitrogen and oxygen atoms in total. The van der Waals surface area contributed by atoms with Crippen LogP contribution in [-0.2, 0) is 20.8 Å². The molecule has 3 aliphatic heterocycles. The third kappa shape index (κ3) is 4.21. The molecular formula is C17H28N6O3. The van der Waals surface area contributed by atoms with Crippen molar-refractivity contribution in [2.24, 2.45) is 5.92 Å². The molecule has 1 atom stereocenters. The smallest absolute Gasteiger partial charge is 0.224 e. The molecule has 0 saturated carbocycles. The quantitative estimate of drug-likeness (QED) is 0.715. The maximum absolute atomic E-state index is 12.4. The summed E-state index contributed by atoms with van der Waals surface area (Å²) >= 11 is 0. The highest BCUT2D eigenvalue weighted by Gasteiger charge is 2.41. The van der Waals surface area contributed by atoms with Gasteiger partial charge in [-0.25, -0.2) is 4.68 Å². The van der Waals surface area contributed by atoms with Gasteiger partial charge < -0.3 is 14.4 Å². The molecule has 26 heavy (non-hydrogen) atoms. The van der Waals surface area contributed by atoms with E-state index in [9.17, 15) is 4.79 Å². The second kappa shape index (κ2) is 7.98. The summed E-state index contributed by atoms with van der Waals surface area (Å²) in [6.45, 7) is 7.77. The van der Waals surface area contributed by atoms with Gasteiger partial charge in [0.05, 0.1) is 25.4 Å². The summed E-state index contributed by atoms with van der Waals surface area (Å²) in [6.07, 6.45) is 4.99. The van der Waals surface area contributed by atoms with Crippen LogP contribution in [0.25, 0.3) is 0 Å². The normalized spacial score (nSPS) is 26.5. The number of rotatable bonds is 5. The van der Waals surface area contributed by atoms with Crippen molar-refractivity contribution >= 4 is 5.91 Å². The number of piperidine rings is 1. The lowest BCUT2D eigenvalue weighted by Crippen LogP contribution is -2.58. The van der Waals surface area contributed by atoms with E-state index >= 15 is 0 Å². The zero-order valence-electron chi connectivity index (χ0n) is 15.3. The number of hydrogen-bond acceptors (Lipinski definition) is 7. The number of hydrogen-bond donors (Lipinski definition) is 0. The van der Waals surface area contributed by atoms with E-state index < -0.39 is 0 Å². The number of morpholine rings is 1. The van der Waals surface area contributed by atoms with Gasteiger partial charge >= 0.3 is 0 Å². The molecule has 1 spiro atoms. The molecule has 4 rings (SSSR count). The summed E-state index contributed by atoms with van der Waals surface area (Å²) in [7, 11) is 0. The van der Waals surface area contributed by atoms with Crippen molar-refractivity contribution in [2.45, 2.75) is 37.8 Å². The van der Waals surface area contributed by atoms with Gasteiger partial charge in [0.2, 0.25) is 5.91 Å². The van der Waals surface area contributed by atoms with Crippen molar-refractivity contribution in [2.75, 3.05) is 52.5 Å². The van der Waals surface area contributed by atoms with Crippen molar-refractivity contribution in [1.29, 1.82) is 0 Å². The van der Waals surface area contributed by atoms with Crippen LogP contribution in [0.3, 0.4) is 0 Å². The van der Waals surface area contributed by atoms with Crippen molar-refractivity contribution in [3.63, 3.8) is 0 Å². The number of ether oxygens (including phenoxy) is 2. The SMILES string of the molecule is O=C(CCn1cnnn1)N1CCC2(CC1)CN(CC1CCOC1)CCO2. The molecule has 1 aromatic rings. The summed E-state index contributed by atoms with van der Waals surface area (Å²) in [5, 5.41) is 11.0. The van der Waals surface area contributed by atoms with E-state index in [-0.39, 0.29) is 11.5 Å². The van der Waals surface area contributed by atoms with E-state index in [1.807, 2.05) is 4.90 Å². The van der Waals surface area contributed by atoms with Gasteiger partial charge in [0.15, 0.2) is 0 Å². The van der Waals surface area contributed by atoms with Crippen LogP contribution in [0.5, 0.6) is 0 Å². The fourth-order valence-electron chi connectivity index (χ4n) is 4.29. The van der Waals surface area contributed by atoms with Crippen molar-refractivity contribution < 1.29 is 14.3 Å². The first kappa shape index (κ1) is 17.8. The van der Waals surface area contributed by atoms with E-state index in [1.165, 1.54) is 12.7 Å². The monoisotopic (exact) mass is 364 g/mol. The highest BCUT2D eigenvalue weighted by atomic mass is 16.5. The summed E-state index contributed by atoms with van der Waals surface area (Å²) < 4.78 is 13.3. The van der Waals surface area contributed by atoms with Crippen molar-refractivity contribution in [3.05, 3.63) is 6.33 Å². The second-order valence-corrected chi connectivity index (χ2v) is 7.70. The molecular weight excluding hydrogens is 336 g/mol. The Balaban J connectivity index is 1.24. The van der Waals surface area contributed by atoms with Gasteiger partial charge in [-0.15, -0.1) is 5.10 Å². The van der Waals surface area contributed by atoms with Crippen molar-refractivity contribution in [1.82, 2.24) is 30.0 Å². The fourth-order valence-corrected chi connectivity index (χ4v) is 4.29. The van der Waals surface area contributed by atoms with Crippen LogP contribution < -0.4 is 0 Å². The zero-order valence-corrected chi connectivity index (χ0v) is 15.3. The number of carbonyl (C=O) groups is 1. The Kier molecular flexibility index (Phi) is 5.46. The van der Waals surface area contributed by atoms with Crippen LogP contribution in [0, 0.1) is 5.92 Å². The minimum atomic E-state index is -0.0791. The Morgan fingerprint density at radius 3 is 2.85 bits per heavy atom. The molecule has 1 unspecified atom stereocenters. The topological polar surface area (TPSA) is 85.6 Å². The third-order valence-corrected chi connectivity index (χ3v) is 5.84. The Hall–Kier alpha value is -1.58. The number of likely N-dealkylation sites (tertiary alicyclic amines) is 1. The molecule has 3 aliphatic rings. The number of carbonyl (C=O) groups excluding carboxylic acids is 1. The highest BCUT2D eigenvalue weighted by molar-refractivity contribution is 5.76. The van der Waals surface area contributed by atoms with Crippen LogP contribution in [0.2, 0.25) is 0 Å². The van der Waals surface area contributed by atoms with Gasteiger partial charge in [0.25, 0.3) is 0 Å². The fraction of sp³-hybridized carbons (Fsp3) is 0.882. The van der Waals surface area contributed by atoms with Gasteiger partial charge in [-0.3, -0.25) is 9.69 Å². The number of aromatic nitrogens is 4. The van der Waals surface area contributed by atoms with Crippen molar-refractivity contribution in [3.8, 4) is 0 Å². The van der Waals surface area contributed by atoms with Gasteiger partial charge in [0, 0.05) is 45.8 Å². The van der Waals surface area contributed by atoms with E-state index in [0.717, 1.165) is 65.4 Å². The molecule has 1 amide bonds. The van der Waals surface area contributed by atoms with Crippen LogP contribution in [0.4, 0.5) is 0 Å². The molecule has 0 aliphatic carbocycles. The van der Waals surface area contributed by atoms with E-state index in [4.69, 9.17) is 9.47 Å². The third-order valence-electron chi connectivity index (χ3n) is 5.84. The average molecular weight is 364 g/mol. The number of aryl methyl sites for hydroxylation is 1. The average Bonchev–Trinajstić information content (AvgIpc) is 3.34. The Morgan fingerprint density at radius 1 is 1.23 bits per heavy atom. The van der Waals surface area contributed by atoms with Crippen LogP contribution in [0.15, 0.2) is 6.33 Å². The van der Waals surface area contributed by atoms with E-state index in [0.29, 0.717) is 18.9 Å². The summed E-state index contributed by atoms with van der Waals surface area (Å²) in [5.74, 6) is 0.837. The molecule has 0 N–H and O–H groups in total. The Bertz CT molecular complexity index is 581. The predicted molar refractivity (Wildman–Crippen MR) is 92.3 cm³/mol. The molecule has 4 heterocycles. The molecule has 3 fully saturated rings. The lowest BCUT2D eigenvalue weighted by atomic mass is 9.88. The number of tetrazole rings is 1. The minimum absolute atomic E-state index is 0.0791. The molecule has 1 aromatic heterocycles. The molecule has 144 valence electrons. The van der Waals surface area contributed by atoms with E-state index in [1.54, 1.807) is 4.68 Å². The largest absolute Gasteiger partial charge is 0.381 e. The lowest BCUT2D eigenvalue weighted by Gasteiger charge is -2.47. The summed E-state index contributed by atoms with van der Waals surface area (Å²) in [4.78, 5) is 16.9. The van der Waals surface area contributed by atoms with Crippen LogP contribution in [-0.4, -0.2) is 94.1 Å². The summed E-state index contributed by atoms with van der Waals surface area (Å²) in [5.41, 5.74) is -0.0791. The lowest BCUT2D eigenvalue weighted by molar-refractivity contribution is -0.151. The standard InChI is InChI=1S/C17H28N6O3/c24-16(1-5-23-14-18-19-20-23)22-6-3-17(4-7-22)13-21(8-10-26-17)11-15-2-9-25-12-15/h14-15H,1-13H2. The first-order valence-corrected chi connectivity index (χ1v) is 9.65. The highest BCUT2D eigenvalue weighted by Crippen LogP contribution is 2.31. The first-order chi connectivity index (χ1) is 12.7. The number of nitrogens with zero attached hydrogens (tertiary/aromatic N) is 6. The predicted octanol–water partition coefficient (Wildman–Crippen LogP) is -0.207. The van der Waals surface area contributed by atoms with E-state index in [2.05, 4.69) is 20.4 Å². The van der Waals surface area contributed by atoms with Crippen LogP contribution in [0.1, 0.15) is 25.7 Å². The minimum Gasteiger partial charge on any atom is -0.381 e. The molecule has 0 radical (unpaired) electrons. The van der Waals surface area contributed by atoms with Gasteiger partial charge in [-0.05, 0) is 35.6 Å². The maximum atomic E-state index is 12.4. The molecule has 3 saturated heterocycles. The summed E-state index contributed by atoms with van der Waals surface area (Å²) in [6, 6.07) is 0. The number of amides is 1. The second-order valence-electron chi connectivity index (χ2n) is 7.70. The zero-order chi connectivity index (χ0) is 17.8. The van der Waals surface area contributed by atoms with Crippen LogP contribution >= 0.6 is 0 Å². The Morgan fingerprint density at radius 2 is 2.12 bits per heavy atom. The molecule has 9 heteroatoms. The molecule has 0 aromatic carbocycles. The van der Waals surface area contributed by atoms with Gasteiger partial charge in [0.1, 0.15) is 6.33 Å².